The van der Waals surface area contributed by atoms with E-state index in [2.05, 4.69) is 50.3 Å². The Kier molecular flexibility index (Phi) is 42.0. The molecule has 52 heavy (non-hydrogen) atoms. The van der Waals surface area contributed by atoms with Gasteiger partial charge in [0.25, 0.3) is 0 Å². The summed E-state index contributed by atoms with van der Waals surface area (Å²) in [5, 5.41) is 9.16. The van der Waals surface area contributed by atoms with Crippen molar-refractivity contribution in [2.24, 2.45) is 0 Å². The van der Waals surface area contributed by atoms with Crippen molar-refractivity contribution in [3.63, 3.8) is 0 Å². The lowest BCUT2D eigenvalue weighted by Crippen LogP contribution is -2.19. The van der Waals surface area contributed by atoms with Gasteiger partial charge in [-0.25, -0.2) is 0 Å². The molecule has 0 spiro atoms. The Hall–Kier alpha value is -1.84. The average molecular weight is 729 g/mol. The third-order valence-electron chi connectivity index (χ3n) is 10.3. The standard InChI is InChI=1S/C48H88O4/c1-3-5-7-9-11-13-15-17-19-21-23-24-25-27-29-31-33-35-37-39-41-43-48(51)52-46(44-45-47(49)50)42-40-38-36-34-32-30-28-26-22-20-18-16-14-12-10-8-6-4-2/h11,13,17,19,27,29,46H,3-10,12,14-16,18,20-26,28,30-45H2,1-2H3,(H,49,50)/b13-11-,19-17-,29-27-. The van der Waals surface area contributed by atoms with Crippen molar-refractivity contribution in [1.29, 1.82) is 0 Å². The lowest BCUT2D eigenvalue weighted by Gasteiger charge is -2.17. The van der Waals surface area contributed by atoms with Gasteiger partial charge >= 0.3 is 11.9 Å². The summed E-state index contributed by atoms with van der Waals surface area (Å²) < 4.78 is 5.76. The molecule has 0 saturated carbocycles. The Labute approximate surface area is 324 Å². The van der Waals surface area contributed by atoms with Crippen LogP contribution in [0, 0.1) is 0 Å². The normalized spacial score (nSPS) is 12.5. The molecule has 0 aliphatic carbocycles. The third kappa shape index (κ3) is 42.6. The van der Waals surface area contributed by atoms with E-state index < -0.39 is 5.97 Å². The van der Waals surface area contributed by atoms with Gasteiger partial charge in [0.15, 0.2) is 0 Å². The van der Waals surface area contributed by atoms with Crippen molar-refractivity contribution in [3.05, 3.63) is 36.5 Å². The van der Waals surface area contributed by atoms with E-state index in [4.69, 9.17) is 9.84 Å². The van der Waals surface area contributed by atoms with Crippen LogP contribution in [0.5, 0.6) is 0 Å². The predicted molar refractivity (Wildman–Crippen MR) is 227 cm³/mol. The molecule has 1 N–H and O–H groups in total. The molecular weight excluding hydrogens is 641 g/mol. The second-order valence-electron chi connectivity index (χ2n) is 15.6. The molecule has 0 aromatic carbocycles. The maximum atomic E-state index is 12.5. The van der Waals surface area contributed by atoms with E-state index >= 15 is 0 Å². The van der Waals surface area contributed by atoms with Crippen molar-refractivity contribution >= 4 is 11.9 Å². The van der Waals surface area contributed by atoms with Gasteiger partial charge in [0.05, 0.1) is 0 Å². The number of unbranched alkanes of at least 4 members (excludes halogenated alkanes) is 28. The summed E-state index contributed by atoms with van der Waals surface area (Å²) in [6.45, 7) is 4.54. The number of hydrogen-bond donors (Lipinski definition) is 1. The van der Waals surface area contributed by atoms with Gasteiger partial charge in [-0.1, -0.05) is 192 Å². The Morgan fingerprint density at radius 3 is 1.23 bits per heavy atom. The van der Waals surface area contributed by atoms with Crippen LogP contribution in [0.4, 0.5) is 0 Å². The van der Waals surface area contributed by atoms with E-state index in [0.29, 0.717) is 12.8 Å². The monoisotopic (exact) mass is 729 g/mol. The molecule has 0 amide bonds. The van der Waals surface area contributed by atoms with Crippen molar-refractivity contribution in [2.75, 3.05) is 0 Å². The van der Waals surface area contributed by atoms with Gasteiger partial charge in [-0.05, 0) is 83.5 Å². The molecule has 0 heterocycles. The first kappa shape index (κ1) is 50.2. The molecule has 0 radical (unpaired) electrons. The average Bonchev–Trinajstić information content (AvgIpc) is 3.13. The second kappa shape index (κ2) is 43.6. The van der Waals surface area contributed by atoms with Gasteiger partial charge in [0, 0.05) is 12.8 Å². The van der Waals surface area contributed by atoms with Crippen molar-refractivity contribution in [3.8, 4) is 0 Å². The van der Waals surface area contributed by atoms with E-state index in [1.165, 1.54) is 167 Å². The molecule has 0 rings (SSSR count). The predicted octanol–water partition coefficient (Wildman–Crippen LogP) is 16.1. The van der Waals surface area contributed by atoms with Gasteiger partial charge < -0.3 is 9.84 Å². The molecule has 0 fully saturated rings. The van der Waals surface area contributed by atoms with Crippen LogP contribution < -0.4 is 0 Å². The second-order valence-corrected chi connectivity index (χ2v) is 15.6. The Morgan fingerprint density at radius 1 is 0.423 bits per heavy atom. The number of aliphatic carboxylic acids is 1. The molecule has 0 aromatic rings. The summed E-state index contributed by atoms with van der Waals surface area (Å²) in [6.07, 6.45) is 57.5. The molecule has 1 atom stereocenters. The lowest BCUT2D eigenvalue weighted by molar-refractivity contribution is -0.151. The minimum Gasteiger partial charge on any atom is -0.481 e. The Bertz CT molecular complexity index is 828. The maximum Gasteiger partial charge on any atom is 0.306 e. The van der Waals surface area contributed by atoms with Crippen LogP contribution in [-0.2, 0) is 14.3 Å². The minimum atomic E-state index is -0.812. The molecule has 0 aliphatic rings. The van der Waals surface area contributed by atoms with Crippen LogP contribution >= 0.6 is 0 Å². The number of carboxylic acids is 1. The fourth-order valence-electron chi connectivity index (χ4n) is 6.91. The van der Waals surface area contributed by atoms with E-state index in [1.807, 2.05) is 0 Å². The summed E-state index contributed by atoms with van der Waals surface area (Å²) in [5.74, 6) is -0.959. The highest BCUT2D eigenvalue weighted by molar-refractivity contribution is 5.69. The highest BCUT2D eigenvalue weighted by Gasteiger charge is 2.16. The fourth-order valence-corrected chi connectivity index (χ4v) is 6.91. The molecule has 304 valence electrons. The zero-order valence-corrected chi connectivity index (χ0v) is 34.9. The topological polar surface area (TPSA) is 63.6 Å². The van der Waals surface area contributed by atoms with Gasteiger partial charge in [-0.15, -0.1) is 0 Å². The van der Waals surface area contributed by atoms with E-state index in [-0.39, 0.29) is 18.5 Å². The highest BCUT2D eigenvalue weighted by atomic mass is 16.5. The van der Waals surface area contributed by atoms with E-state index in [0.717, 1.165) is 51.4 Å². The van der Waals surface area contributed by atoms with Crippen molar-refractivity contribution in [1.82, 2.24) is 0 Å². The summed E-state index contributed by atoms with van der Waals surface area (Å²) in [5.41, 5.74) is 0. The molecule has 1 unspecified atom stereocenters. The van der Waals surface area contributed by atoms with Crippen LogP contribution in [0.15, 0.2) is 36.5 Å². The number of rotatable bonds is 42. The highest BCUT2D eigenvalue weighted by Crippen LogP contribution is 2.18. The zero-order valence-electron chi connectivity index (χ0n) is 34.9. The number of ether oxygens (including phenoxy) is 1. The van der Waals surface area contributed by atoms with Gasteiger partial charge in [-0.3, -0.25) is 9.59 Å². The van der Waals surface area contributed by atoms with Gasteiger partial charge in [-0.2, -0.15) is 0 Å². The summed E-state index contributed by atoms with van der Waals surface area (Å²) in [7, 11) is 0. The zero-order chi connectivity index (χ0) is 37.8. The third-order valence-corrected chi connectivity index (χ3v) is 10.3. The maximum absolute atomic E-state index is 12.5. The first-order valence-corrected chi connectivity index (χ1v) is 23.0. The summed E-state index contributed by atoms with van der Waals surface area (Å²) >= 11 is 0. The number of carbonyl (C=O) groups excluding carboxylic acids is 1. The molecule has 0 saturated heterocycles. The minimum absolute atomic E-state index is 0.0696. The number of carbonyl (C=O) groups is 2. The Balaban J connectivity index is 3.70. The van der Waals surface area contributed by atoms with Crippen LogP contribution in [0.2, 0.25) is 0 Å². The van der Waals surface area contributed by atoms with Crippen molar-refractivity contribution < 1.29 is 19.4 Å². The SMILES string of the molecule is CCCCC/C=C\C/C=C\CCCC/C=C\CCCCCCCC(=O)OC(CCCCCCCCCCCCCCCCCCCC)CCC(=O)O. The summed E-state index contributed by atoms with van der Waals surface area (Å²) in [4.78, 5) is 23.7. The number of allylic oxidation sites excluding steroid dienone is 6. The molecule has 0 aliphatic heterocycles. The first-order chi connectivity index (χ1) is 25.6. The number of carboxylic acid groups (broad SMARTS) is 1. The van der Waals surface area contributed by atoms with Crippen LogP contribution in [-0.4, -0.2) is 23.1 Å². The fraction of sp³-hybridized carbons (Fsp3) is 0.833. The number of esters is 1. The smallest absolute Gasteiger partial charge is 0.306 e. The quantitative estimate of drug-likeness (QED) is 0.0386. The number of hydrogen-bond acceptors (Lipinski definition) is 3. The van der Waals surface area contributed by atoms with E-state index in [1.54, 1.807) is 0 Å². The largest absolute Gasteiger partial charge is 0.481 e. The molecule has 0 bridgehead atoms. The van der Waals surface area contributed by atoms with Gasteiger partial charge in [0.2, 0.25) is 0 Å². The van der Waals surface area contributed by atoms with Crippen LogP contribution in [0.25, 0.3) is 0 Å². The molecule has 0 aromatic heterocycles. The molecular formula is C48H88O4. The van der Waals surface area contributed by atoms with Crippen LogP contribution in [0.3, 0.4) is 0 Å². The summed E-state index contributed by atoms with van der Waals surface area (Å²) in [6, 6.07) is 0. The Morgan fingerprint density at radius 2 is 0.769 bits per heavy atom. The van der Waals surface area contributed by atoms with Crippen LogP contribution in [0.1, 0.15) is 251 Å². The lowest BCUT2D eigenvalue weighted by atomic mass is 10.0. The first-order valence-electron chi connectivity index (χ1n) is 23.0. The van der Waals surface area contributed by atoms with Crippen molar-refractivity contribution in [2.45, 2.75) is 258 Å². The van der Waals surface area contributed by atoms with E-state index in [9.17, 15) is 9.59 Å². The van der Waals surface area contributed by atoms with Gasteiger partial charge in [0.1, 0.15) is 6.10 Å². The molecule has 4 nitrogen and oxygen atoms in total. The molecule has 4 heteroatoms.